The zero-order chi connectivity index (χ0) is 15.5. The van der Waals surface area contributed by atoms with Crippen molar-refractivity contribution in [2.24, 2.45) is 5.92 Å². The van der Waals surface area contributed by atoms with Gasteiger partial charge in [0.25, 0.3) is 0 Å². The molecule has 0 N–H and O–H groups in total. The molecule has 0 aromatic carbocycles. The van der Waals surface area contributed by atoms with Crippen LogP contribution in [-0.4, -0.2) is 44.1 Å². The Balaban J connectivity index is 1.82. The SMILES string of the molecule is Cc1ncnc2c1ncn2C1OC(C(C)C)C2OCOC21C. The Morgan fingerprint density at radius 2 is 2.14 bits per heavy atom. The molecule has 2 aliphatic heterocycles. The molecule has 2 aromatic rings. The summed E-state index contributed by atoms with van der Waals surface area (Å²) >= 11 is 0. The molecule has 2 aliphatic rings. The summed E-state index contributed by atoms with van der Waals surface area (Å²) in [6.07, 6.45) is 2.89. The van der Waals surface area contributed by atoms with Gasteiger partial charge in [-0.25, -0.2) is 15.0 Å². The molecule has 0 spiro atoms. The second-order valence-corrected chi connectivity index (χ2v) is 6.51. The highest BCUT2D eigenvalue weighted by atomic mass is 16.8. The molecular weight excluding hydrogens is 284 g/mol. The summed E-state index contributed by atoms with van der Waals surface area (Å²) in [5.41, 5.74) is 1.87. The molecule has 4 heterocycles. The van der Waals surface area contributed by atoms with Crippen molar-refractivity contribution >= 4 is 11.2 Å². The molecule has 22 heavy (non-hydrogen) atoms. The van der Waals surface area contributed by atoms with Gasteiger partial charge in [0.15, 0.2) is 11.9 Å². The minimum atomic E-state index is -0.540. The lowest BCUT2D eigenvalue weighted by atomic mass is 9.91. The lowest BCUT2D eigenvalue weighted by Crippen LogP contribution is -2.42. The molecule has 118 valence electrons. The van der Waals surface area contributed by atoms with Gasteiger partial charge in [0.2, 0.25) is 0 Å². The smallest absolute Gasteiger partial charge is 0.168 e. The summed E-state index contributed by atoms with van der Waals surface area (Å²) in [7, 11) is 0. The highest BCUT2D eigenvalue weighted by Gasteiger charge is 2.60. The molecule has 7 heteroatoms. The maximum absolute atomic E-state index is 6.30. The van der Waals surface area contributed by atoms with Crippen LogP contribution in [0.3, 0.4) is 0 Å². The molecule has 0 bridgehead atoms. The van der Waals surface area contributed by atoms with E-state index in [1.807, 2.05) is 18.4 Å². The third kappa shape index (κ3) is 1.76. The van der Waals surface area contributed by atoms with E-state index < -0.39 is 5.60 Å². The van der Waals surface area contributed by atoms with Crippen molar-refractivity contribution in [3.8, 4) is 0 Å². The number of fused-ring (bicyclic) bond motifs is 2. The maximum atomic E-state index is 6.30. The van der Waals surface area contributed by atoms with Gasteiger partial charge in [-0.1, -0.05) is 13.8 Å². The van der Waals surface area contributed by atoms with Crippen molar-refractivity contribution < 1.29 is 14.2 Å². The van der Waals surface area contributed by atoms with Crippen LogP contribution in [0.4, 0.5) is 0 Å². The Kier molecular flexibility index (Phi) is 3.01. The van der Waals surface area contributed by atoms with Crippen molar-refractivity contribution in [3.05, 3.63) is 18.3 Å². The summed E-state index contributed by atoms with van der Waals surface area (Å²) in [6, 6.07) is 0. The second kappa shape index (κ2) is 4.71. The number of ether oxygens (including phenoxy) is 3. The normalized spacial score (nSPS) is 34.7. The largest absolute Gasteiger partial charge is 0.348 e. The molecule has 2 saturated heterocycles. The molecule has 4 rings (SSSR count). The predicted molar refractivity (Wildman–Crippen MR) is 78.0 cm³/mol. The fraction of sp³-hybridized carbons (Fsp3) is 0.667. The van der Waals surface area contributed by atoms with Gasteiger partial charge in [0.1, 0.15) is 30.3 Å². The molecule has 2 fully saturated rings. The van der Waals surface area contributed by atoms with Gasteiger partial charge in [-0.3, -0.25) is 4.57 Å². The Hall–Kier alpha value is -1.57. The lowest BCUT2D eigenvalue weighted by Gasteiger charge is -2.27. The average Bonchev–Trinajstić information content (AvgIpc) is 3.11. The van der Waals surface area contributed by atoms with Gasteiger partial charge in [-0.2, -0.15) is 0 Å². The monoisotopic (exact) mass is 304 g/mol. The Morgan fingerprint density at radius 3 is 2.91 bits per heavy atom. The minimum Gasteiger partial charge on any atom is -0.348 e. The van der Waals surface area contributed by atoms with Gasteiger partial charge in [0.05, 0.1) is 18.1 Å². The van der Waals surface area contributed by atoms with E-state index in [1.54, 1.807) is 12.7 Å². The van der Waals surface area contributed by atoms with Crippen molar-refractivity contribution in [2.75, 3.05) is 6.79 Å². The van der Waals surface area contributed by atoms with Gasteiger partial charge in [-0.15, -0.1) is 0 Å². The molecule has 2 aromatic heterocycles. The average molecular weight is 304 g/mol. The number of aryl methyl sites for hydroxylation is 1. The molecule has 0 amide bonds. The summed E-state index contributed by atoms with van der Waals surface area (Å²) < 4.78 is 20.0. The Bertz CT molecular complexity index is 716. The Morgan fingerprint density at radius 1 is 1.32 bits per heavy atom. The number of hydrogen-bond donors (Lipinski definition) is 0. The van der Waals surface area contributed by atoms with Crippen molar-refractivity contribution in [2.45, 2.75) is 51.7 Å². The van der Waals surface area contributed by atoms with Gasteiger partial charge in [-0.05, 0) is 19.8 Å². The molecule has 0 aliphatic carbocycles. The van der Waals surface area contributed by atoms with Crippen LogP contribution in [0.15, 0.2) is 12.7 Å². The summed E-state index contributed by atoms with van der Waals surface area (Å²) in [4.78, 5) is 13.0. The topological polar surface area (TPSA) is 71.3 Å². The maximum Gasteiger partial charge on any atom is 0.168 e. The lowest BCUT2D eigenvalue weighted by molar-refractivity contribution is -0.131. The number of aromatic nitrogens is 4. The Labute approximate surface area is 128 Å². The molecular formula is C15H20N4O3. The van der Waals surface area contributed by atoms with Gasteiger partial charge in [0, 0.05) is 0 Å². The van der Waals surface area contributed by atoms with Crippen molar-refractivity contribution in [3.63, 3.8) is 0 Å². The first-order valence-electron chi connectivity index (χ1n) is 7.57. The van der Waals surface area contributed by atoms with Crippen LogP contribution in [0.25, 0.3) is 11.2 Å². The van der Waals surface area contributed by atoms with E-state index in [2.05, 4.69) is 28.8 Å². The zero-order valence-corrected chi connectivity index (χ0v) is 13.2. The van der Waals surface area contributed by atoms with E-state index >= 15 is 0 Å². The number of rotatable bonds is 2. The highest BCUT2D eigenvalue weighted by Crippen LogP contribution is 2.48. The van der Waals surface area contributed by atoms with E-state index in [4.69, 9.17) is 14.2 Å². The fourth-order valence-corrected chi connectivity index (χ4v) is 3.46. The van der Waals surface area contributed by atoms with Gasteiger partial charge < -0.3 is 14.2 Å². The quantitative estimate of drug-likeness (QED) is 0.843. The molecule has 7 nitrogen and oxygen atoms in total. The third-order valence-corrected chi connectivity index (χ3v) is 4.71. The first kappa shape index (κ1) is 14.0. The zero-order valence-electron chi connectivity index (χ0n) is 13.2. The minimum absolute atomic E-state index is 0.0158. The number of hydrogen-bond acceptors (Lipinski definition) is 6. The summed E-state index contributed by atoms with van der Waals surface area (Å²) in [5.74, 6) is 0.335. The first-order chi connectivity index (χ1) is 10.5. The van der Waals surface area contributed by atoms with E-state index in [-0.39, 0.29) is 18.4 Å². The van der Waals surface area contributed by atoms with E-state index in [9.17, 15) is 0 Å². The summed E-state index contributed by atoms with van der Waals surface area (Å²) in [5, 5.41) is 0. The number of nitrogens with zero attached hydrogens (tertiary/aromatic N) is 4. The van der Waals surface area contributed by atoms with Crippen LogP contribution in [0, 0.1) is 12.8 Å². The standard InChI is InChI=1S/C15H20N4O3/c1-8(2)11-12-15(4,21-7-20-12)14(22-11)19-6-18-10-9(3)16-5-17-13(10)19/h5-6,8,11-12,14H,7H2,1-4H3. The van der Waals surface area contributed by atoms with Crippen molar-refractivity contribution in [1.29, 1.82) is 0 Å². The summed E-state index contributed by atoms with van der Waals surface area (Å²) in [6.45, 7) is 8.52. The first-order valence-corrected chi connectivity index (χ1v) is 7.57. The predicted octanol–water partition coefficient (Wildman–Crippen LogP) is 1.82. The number of imidazole rings is 1. The van der Waals surface area contributed by atoms with E-state index in [0.717, 1.165) is 16.9 Å². The highest BCUT2D eigenvalue weighted by molar-refractivity contribution is 5.72. The molecule has 4 unspecified atom stereocenters. The fourth-order valence-electron chi connectivity index (χ4n) is 3.46. The van der Waals surface area contributed by atoms with Crippen LogP contribution in [-0.2, 0) is 14.2 Å². The molecule has 0 saturated carbocycles. The van der Waals surface area contributed by atoms with E-state index in [0.29, 0.717) is 12.7 Å². The van der Waals surface area contributed by atoms with E-state index in [1.165, 1.54) is 0 Å². The van der Waals surface area contributed by atoms with Gasteiger partial charge >= 0.3 is 0 Å². The van der Waals surface area contributed by atoms with Crippen LogP contribution in [0.5, 0.6) is 0 Å². The van der Waals surface area contributed by atoms with Crippen LogP contribution >= 0.6 is 0 Å². The third-order valence-electron chi connectivity index (χ3n) is 4.71. The van der Waals surface area contributed by atoms with Crippen LogP contribution < -0.4 is 0 Å². The van der Waals surface area contributed by atoms with Crippen LogP contribution in [0.1, 0.15) is 32.7 Å². The molecule has 4 atom stereocenters. The van der Waals surface area contributed by atoms with Crippen molar-refractivity contribution in [1.82, 2.24) is 19.5 Å². The molecule has 0 radical (unpaired) electrons. The van der Waals surface area contributed by atoms with Crippen LogP contribution in [0.2, 0.25) is 0 Å². The second-order valence-electron chi connectivity index (χ2n) is 6.51.